The number of amides is 1. The summed E-state index contributed by atoms with van der Waals surface area (Å²) >= 11 is 0. The van der Waals surface area contributed by atoms with E-state index in [1.54, 1.807) is 0 Å². The number of nitrogens with zero attached hydrogens (tertiary/aromatic N) is 1. The Bertz CT molecular complexity index is 537. The van der Waals surface area contributed by atoms with Gasteiger partial charge in [-0.2, -0.15) is 0 Å². The molecule has 2 N–H and O–H groups in total. The monoisotopic (exact) mass is 343 g/mol. The number of nitrogens with one attached hydrogen (secondary N) is 2. The summed E-state index contributed by atoms with van der Waals surface area (Å²) in [6, 6.07) is 0.760. The lowest BCUT2D eigenvalue weighted by Gasteiger charge is -2.35. The molecule has 1 amide bonds. The van der Waals surface area contributed by atoms with Crippen molar-refractivity contribution in [3.63, 3.8) is 0 Å². The second-order valence-corrected chi connectivity index (χ2v) is 9.73. The molecule has 2 saturated heterocycles. The maximum atomic E-state index is 12.8. The van der Waals surface area contributed by atoms with Gasteiger partial charge in [0.05, 0.1) is 0 Å². The Morgan fingerprint density at radius 1 is 1.17 bits per heavy atom. The smallest absolute Gasteiger partial charge is 0.241 e. The molecular formula is C16H29N3O3S. The van der Waals surface area contributed by atoms with Crippen LogP contribution in [0.5, 0.6) is 0 Å². The van der Waals surface area contributed by atoms with E-state index < -0.39 is 14.6 Å². The fraction of sp³-hybridized carbons (Fsp3) is 0.938. The zero-order valence-electron chi connectivity index (χ0n) is 14.0. The molecule has 7 heteroatoms. The molecule has 1 aliphatic carbocycles. The Morgan fingerprint density at radius 3 is 2.43 bits per heavy atom. The highest BCUT2D eigenvalue weighted by Crippen LogP contribution is 2.30. The predicted octanol–water partition coefficient (Wildman–Crippen LogP) is 0.286. The molecule has 2 heterocycles. The molecule has 3 fully saturated rings. The van der Waals surface area contributed by atoms with Gasteiger partial charge < -0.3 is 10.6 Å². The van der Waals surface area contributed by atoms with E-state index >= 15 is 0 Å². The highest BCUT2D eigenvalue weighted by molar-refractivity contribution is 7.92. The minimum Gasteiger partial charge on any atom is -0.351 e. The fourth-order valence-electron chi connectivity index (χ4n) is 4.42. The number of hydrogen-bond acceptors (Lipinski definition) is 5. The van der Waals surface area contributed by atoms with Gasteiger partial charge in [0.25, 0.3) is 0 Å². The first-order valence-electron chi connectivity index (χ1n) is 8.88. The summed E-state index contributed by atoms with van der Waals surface area (Å²) in [6.07, 6.45) is 8.02. The Hall–Kier alpha value is -0.660. The topological polar surface area (TPSA) is 78.5 Å². The highest BCUT2D eigenvalue weighted by Gasteiger charge is 2.49. The molecule has 0 aromatic carbocycles. The van der Waals surface area contributed by atoms with Crippen molar-refractivity contribution in [2.75, 3.05) is 32.4 Å². The molecule has 0 aromatic heterocycles. The second-order valence-electron chi connectivity index (χ2n) is 7.41. The number of piperidine rings is 1. The van der Waals surface area contributed by atoms with Crippen LogP contribution in [0.3, 0.4) is 0 Å². The van der Waals surface area contributed by atoms with Crippen molar-refractivity contribution in [1.29, 1.82) is 0 Å². The number of sulfone groups is 1. The summed E-state index contributed by atoms with van der Waals surface area (Å²) in [4.78, 5) is 15.3. The number of likely N-dealkylation sites (tertiary alicyclic amines) is 1. The van der Waals surface area contributed by atoms with E-state index in [4.69, 9.17) is 0 Å². The van der Waals surface area contributed by atoms with E-state index in [1.807, 2.05) is 0 Å². The van der Waals surface area contributed by atoms with Crippen LogP contribution in [0.25, 0.3) is 0 Å². The van der Waals surface area contributed by atoms with Crippen molar-refractivity contribution < 1.29 is 13.2 Å². The largest absolute Gasteiger partial charge is 0.351 e. The van der Waals surface area contributed by atoms with Gasteiger partial charge in [-0.3, -0.25) is 9.69 Å². The van der Waals surface area contributed by atoms with Crippen LogP contribution in [0.1, 0.15) is 44.9 Å². The molecule has 2 aliphatic heterocycles. The Balaban J connectivity index is 1.63. The molecular weight excluding hydrogens is 314 g/mol. The van der Waals surface area contributed by atoms with Crippen molar-refractivity contribution in [2.45, 2.75) is 61.8 Å². The van der Waals surface area contributed by atoms with Gasteiger partial charge in [0, 0.05) is 31.4 Å². The van der Waals surface area contributed by atoms with Crippen LogP contribution >= 0.6 is 0 Å². The number of carbonyl (C=O) groups excluding carboxylic acids is 1. The number of rotatable bonds is 4. The Labute approximate surface area is 139 Å². The van der Waals surface area contributed by atoms with E-state index in [0.29, 0.717) is 32.0 Å². The molecule has 0 radical (unpaired) electrons. The molecule has 23 heavy (non-hydrogen) atoms. The molecule has 3 aliphatic rings. The van der Waals surface area contributed by atoms with E-state index in [0.717, 1.165) is 19.5 Å². The van der Waals surface area contributed by atoms with Crippen molar-refractivity contribution in [2.24, 2.45) is 0 Å². The molecule has 1 saturated carbocycles. The zero-order chi connectivity index (χ0) is 16.5. The average molecular weight is 343 g/mol. The lowest BCUT2D eigenvalue weighted by atomic mass is 9.95. The van der Waals surface area contributed by atoms with Crippen molar-refractivity contribution in [1.82, 2.24) is 15.5 Å². The molecule has 132 valence electrons. The first kappa shape index (κ1) is 17.2. The van der Waals surface area contributed by atoms with Crippen LogP contribution in [-0.4, -0.2) is 68.5 Å². The van der Waals surface area contributed by atoms with Crippen LogP contribution < -0.4 is 10.6 Å². The van der Waals surface area contributed by atoms with Crippen molar-refractivity contribution in [3.05, 3.63) is 0 Å². The summed E-state index contributed by atoms with van der Waals surface area (Å²) < 4.78 is 23.4. The molecule has 0 spiro atoms. The van der Waals surface area contributed by atoms with Crippen LogP contribution in [0, 0.1) is 0 Å². The molecule has 3 rings (SSSR count). The maximum absolute atomic E-state index is 12.8. The second kappa shape index (κ2) is 6.69. The summed E-state index contributed by atoms with van der Waals surface area (Å²) in [5.74, 6) is -0.278. The van der Waals surface area contributed by atoms with Gasteiger partial charge in [0.2, 0.25) is 5.91 Å². The van der Waals surface area contributed by atoms with Gasteiger partial charge in [0.1, 0.15) is 0 Å². The molecule has 1 unspecified atom stereocenters. The first-order chi connectivity index (χ1) is 10.9. The standard InChI is InChI=1S/C16H29N3O3S/c1-23(21,22)16(7-9-17-10-8-16)15(20)18-13-6-11-19(12-13)14-4-2-3-5-14/h13-14,17H,2-12H2,1H3,(H,18,20). The first-order valence-corrected chi connectivity index (χ1v) is 10.8. The average Bonchev–Trinajstić information content (AvgIpc) is 3.17. The van der Waals surface area contributed by atoms with E-state index in [1.165, 1.54) is 31.9 Å². The van der Waals surface area contributed by atoms with Crippen LogP contribution in [0.4, 0.5) is 0 Å². The fourth-order valence-corrected chi connectivity index (χ4v) is 5.76. The quantitative estimate of drug-likeness (QED) is 0.767. The van der Waals surface area contributed by atoms with E-state index in [2.05, 4.69) is 15.5 Å². The minimum atomic E-state index is -3.42. The predicted molar refractivity (Wildman–Crippen MR) is 90.1 cm³/mol. The summed E-state index contributed by atoms with van der Waals surface area (Å²) in [5, 5.41) is 6.21. The lowest BCUT2D eigenvalue weighted by Crippen LogP contribution is -2.59. The van der Waals surface area contributed by atoms with Crippen LogP contribution in [0.15, 0.2) is 0 Å². The van der Waals surface area contributed by atoms with Gasteiger partial charge in [-0.15, -0.1) is 0 Å². The molecule has 1 atom stereocenters. The van der Waals surface area contributed by atoms with Crippen LogP contribution in [0.2, 0.25) is 0 Å². The van der Waals surface area contributed by atoms with E-state index in [-0.39, 0.29) is 11.9 Å². The molecule has 0 aromatic rings. The summed E-state index contributed by atoms with van der Waals surface area (Å²) in [6.45, 7) is 3.05. The van der Waals surface area contributed by atoms with Gasteiger partial charge in [-0.1, -0.05) is 12.8 Å². The van der Waals surface area contributed by atoms with Gasteiger partial charge >= 0.3 is 0 Å². The normalized spacial score (nSPS) is 29.7. The maximum Gasteiger partial charge on any atom is 0.241 e. The third kappa shape index (κ3) is 3.42. The highest BCUT2D eigenvalue weighted by atomic mass is 32.2. The molecule has 0 bridgehead atoms. The minimum absolute atomic E-state index is 0.0941. The third-order valence-electron chi connectivity index (χ3n) is 5.93. The Kier molecular flexibility index (Phi) is 4.99. The van der Waals surface area contributed by atoms with Gasteiger partial charge in [-0.25, -0.2) is 8.42 Å². The molecule has 6 nitrogen and oxygen atoms in total. The summed E-state index contributed by atoms with van der Waals surface area (Å²) in [7, 11) is -3.42. The number of carbonyl (C=O) groups is 1. The van der Waals surface area contributed by atoms with Crippen LogP contribution in [-0.2, 0) is 14.6 Å². The Morgan fingerprint density at radius 2 is 1.83 bits per heavy atom. The van der Waals surface area contributed by atoms with Crippen molar-refractivity contribution in [3.8, 4) is 0 Å². The third-order valence-corrected chi connectivity index (χ3v) is 7.94. The van der Waals surface area contributed by atoms with Crippen molar-refractivity contribution >= 4 is 15.7 Å². The summed E-state index contributed by atoms with van der Waals surface area (Å²) in [5.41, 5.74) is 0. The van der Waals surface area contributed by atoms with E-state index in [9.17, 15) is 13.2 Å². The SMILES string of the molecule is CS(=O)(=O)C1(C(=O)NC2CCN(C3CCCC3)C2)CCNCC1. The zero-order valence-corrected chi connectivity index (χ0v) is 14.8. The van der Waals surface area contributed by atoms with Gasteiger partial charge in [-0.05, 0) is 45.2 Å². The lowest BCUT2D eigenvalue weighted by molar-refractivity contribution is -0.125. The number of hydrogen-bond donors (Lipinski definition) is 2. The van der Waals surface area contributed by atoms with Gasteiger partial charge in [0.15, 0.2) is 14.6 Å².